The van der Waals surface area contributed by atoms with Crippen molar-refractivity contribution >= 4 is 14.4 Å². The van der Waals surface area contributed by atoms with Crippen LogP contribution in [0.1, 0.15) is 6.42 Å². The summed E-state index contributed by atoms with van der Waals surface area (Å²) in [4.78, 5) is 0. The van der Waals surface area contributed by atoms with Gasteiger partial charge in [-0.3, -0.25) is 0 Å². The van der Waals surface area contributed by atoms with E-state index in [2.05, 4.69) is 7.37 Å². The number of rotatable bonds is 2. The Labute approximate surface area is 55.3 Å². The first-order valence-electron chi connectivity index (χ1n) is 2.89. The molecule has 0 aromatic heterocycles. The number of aliphatic hydroxyl groups excluding tert-OH is 1. The topological polar surface area (TPSA) is 38.7 Å². The molecule has 0 bridgehead atoms. The number of hydrogen-bond acceptors (Lipinski definition) is 3. The first-order chi connectivity index (χ1) is 4.33. The third-order valence-corrected chi connectivity index (χ3v) is 1.23. The van der Waals surface area contributed by atoms with Gasteiger partial charge in [0.2, 0.25) is 0 Å². The van der Waals surface area contributed by atoms with Gasteiger partial charge in [0, 0.05) is 0 Å². The predicted molar refractivity (Wildman–Crippen MR) is 34.4 cm³/mol. The molecule has 0 amide bonds. The first kappa shape index (κ1) is 6.96. The Morgan fingerprint density at radius 3 is 3.00 bits per heavy atom. The van der Waals surface area contributed by atoms with Crippen molar-refractivity contribution in [1.29, 1.82) is 0 Å². The van der Waals surface area contributed by atoms with Gasteiger partial charge in [-0.1, -0.05) is 0 Å². The molecule has 1 fully saturated rings. The fourth-order valence-electron chi connectivity index (χ4n) is 0.810. The summed E-state index contributed by atoms with van der Waals surface area (Å²) in [6.07, 6.45) is -0.0982. The van der Waals surface area contributed by atoms with E-state index in [1.807, 2.05) is 0 Å². The Kier molecular flexibility index (Phi) is 2.42. The minimum atomic E-state index is -0.644. The van der Waals surface area contributed by atoms with Crippen LogP contribution in [0.3, 0.4) is 0 Å². The normalized spacial score (nSPS) is 33.8. The van der Waals surface area contributed by atoms with E-state index in [1.165, 1.54) is 7.00 Å². The van der Waals surface area contributed by atoms with E-state index >= 15 is 0 Å². The maximum absolute atomic E-state index is 8.79. The molecule has 0 radical (unpaired) electrons. The second-order valence-corrected chi connectivity index (χ2v) is 1.95. The van der Waals surface area contributed by atoms with E-state index < -0.39 is 6.29 Å². The molecule has 1 saturated heterocycles. The Hall–Kier alpha value is -0.150. The van der Waals surface area contributed by atoms with Crippen molar-refractivity contribution in [3.05, 3.63) is 0 Å². The predicted octanol–water partition coefficient (Wildman–Crippen LogP) is -1.45. The Morgan fingerprint density at radius 2 is 2.56 bits per heavy atom. The molecule has 0 aromatic rings. The molecule has 1 heterocycles. The van der Waals surface area contributed by atoms with Crippen LogP contribution in [-0.2, 0) is 9.39 Å². The van der Waals surface area contributed by atoms with E-state index in [1.54, 1.807) is 0 Å². The molecule has 1 aliphatic rings. The van der Waals surface area contributed by atoms with Crippen molar-refractivity contribution in [3.8, 4) is 0 Å². The monoisotopic (exact) mass is 126 g/mol. The molecule has 48 valence electrons. The van der Waals surface area contributed by atoms with E-state index in [-0.39, 0.29) is 6.10 Å². The van der Waals surface area contributed by atoms with Crippen molar-refractivity contribution in [2.45, 2.75) is 18.8 Å². The number of ether oxygens (including phenoxy) is 1. The van der Waals surface area contributed by atoms with Crippen molar-refractivity contribution in [1.82, 2.24) is 0 Å². The maximum atomic E-state index is 8.79. The summed E-state index contributed by atoms with van der Waals surface area (Å²) in [7, 11) is 4.76. The Bertz CT molecular complexity index is 108. The van der Waals surface area contributed by atoms with Gasteiger partial charge >= 0.3 is 54.3 Å². The van der Waals surface area contributed by atoms with Gasteiger partial charge in [-0.05, 0) is 0 Å². The van der Waals surface area contributed by atoms with E-state index in [0.29, 0.717) is 13.0 Å². The molecule has 9 heavy (non-hydrogen) atoms. The molecule has 1 rings (SSSR count). The summed E-state index contributed by atoms with van der Waals surface area (Å²) in [6.45, 7) is 0.465. The first-order valence-corrected chi connectivity index (χ1v) is 2.89. The van der Waals surface area contributed by atoms with Crippen molar-refractivity contribution in [2.75, 3.05) is 6.61 Å². The Balaban J connectivity index is 2.21. The second-order valence-electron chi connectivity index (χ2n) is 1.95. The molecule has 0 saturated carbocycles. The van der Waals surface area contributed by atoms with Gasteiger partial charge < -0.3 is 0 Å². The van der Waals surface area contributed by atoms with Crippen molar-refractivity contribution < 1.29 is 14.5 Å². The van der Waals surface area contributed by atoms with Crippen molar-refractivity contribution in [3.63, 3.8) is 0 Å². The third kappa shape index (κ3) is 1.91. The van der Waals surface area contributed by atoms with Gasteiger partial charge in [-0.15, -0.1) is 0 Å². The SMILES string of the molecule is B=BO[C@@H]1COC(O)C1. The molecule has 2 atom stereocenters. The van der Waals surface area contributed by atoms with Crippen LogP contribution in [0.5, 0.6) is 0 Å². The molecule has 1 unspecified atom stereocenters. The zero-order valence-electron chi connectivity index (χ0n) is 5.12. The van der Waals surface area contributed by atoms with Crippen LogP contribution in [0.15, 0.2) is 0 Å². The fraction of sp³-hybridized carbons (Fsp3) is 1.00. The molecule has 1 aliphatic heterocycles. The second kappa shape index (κ2) is 3.13. The molecule has 0 aromatic carbocycles. The number of aliphatic hydroxyl groups is 1. The summed E-state index contributed by atoms with van der Waals surface area (Å²) in [5.41, 5.74) is 0. The number of hydrogen-bond donors (Lipinski definition) is 1. The zero-order valence-corrected chi connectivity index (χ0v) is 5.12. The van der Waals surface area contributed by atoms with Crippen molar-refractivity contribution in [2.24, 2.45) is 0 Å². The average molecular weight is 126 g/mol. The summed E-state index contributed by atoms with van der Waals surface area (Å²) in [5.74, 6) is 0. The average Bonchev–Trinajstić information content (AvgIpc) is 2.17. The summed E-state index contributed by atoms with van der Waals surface area (Å²) < 4.78 is 9.75. The van der Waals surface area contributed by atoms with Gasteiger partial charge in [-0.2, -0.15) is 0 Å². The molecule has 5 heteroatoms. The van der Waals surface area contributed by atoms with E-state index in [0.717, 1.165) is 0 Å². The molecular weight excluding hydrogens is 118 g/mol. The summed E-state index contributed by atoms with van der Waals surface area (Å²) in [5, 5.41) is 8.79. The third-order valence-electron chi connectivity index (χ3n) is 1.23. The van der Waals surface area contributed by atoms with Crippen LogP contribution in [0, 0.1) is 0 Å². The molecule has 1 N–H and O–H groups in total. The van der Waals surface area contributed by atoms with Crippen LogP contribution >= 0.6 is 0 Å². The van der Waals surface area contributed by atoms with Crippen LogP contribution in [-0.4, -0.2) is 38.5 Å². The van der Waals surface area contributed by atoms with E-state index in [9.17, 15) is 0 Å². The summed E-state index contributed by atoms with van der Waals surface area (Å²) >= 11 is 0. The molecular formula is C4H8B2O3. The minimum absolute atomic E-state index is 0.00231. The molecule has 0 aliphatic carbocycles. The molecule has 0 spiro atoms. The van der Waals surface area contributed by atoms with Gasteiger partial charge in [0.15, 0.2) is 0 Å². The Morgan fingerprint density at radius 1 is 1.78 bits per heavy atom. The van der Waals surface area contributed by atoms with Gasteiger partial charge in [0.25, 0.3) is 0 Å². The van der Waals surface area contributed by atoms with Gasteiger partial charge in [0.1, 0.15) is 0 Å². The van der Waals surface area contributed by atoms with Gasteiger partial charge in [-0.25, -0.2) is 0 Å². The standard InChI is InChI=1S/C4H8B2O3/c5-6-9-3-1-4(7)8-2-3/h3-5,7H,1-2H2/t3-,4?/m0/s1. The zero-order chi connectivity index (χ0) is 6.69. The van der Waals surface area contributed by atoms with Gasteiger partial charge in [0.05, 0.1) is 0 Å². The fourth-order valence-corrected chi connectivity index (χ4v) is 0.810. The summed E-state index contributed by atoms with van der Waals surface area (Å²) in [6, 6.07) is 0. The van der Waals surface area contributed by atoms with Crippen LogP contribution < -0.4 is 0 Å². The van der Waals surface area contributed by atoms with Crippen LogP contribution in [0.2, 0.25) is 0 Å². The van der Waals surface area contributed by atoms with Crippen LogP contribution in [0.25, 0.3) is 0 Å². The van der Waals surface area contributed by atoms with E-state index in [4.69, 9.17) is 14.5 Å². The quantitative estimate of drug-likeness (QED) is 0.459. The molecule has 3 nitrogen and oxygen atoms in total. The van der Waals surface area contributed by atoms with Crippen LogP contribution in [0.4, 0.5) is 0 Å².